The maximum atomic E-state index is 13.3. The predicted octanol–water partition coefficient (Wildman–Crippen LogP) is 3.44. The van der Waals surface area contributed by atoms with Crippen LogP contribution in [0, 0.1) is 5.92 Å². The lowest BCUT2D eigenvalue weighted by molar-refractivity contribution is 0.0922. The molecule has 2 aromatic carbocycles. The number of fused-ring (bicyclic) bond motifs is 1. The second kappa shape index (κ2) is 7.75. The third-order valence-electron chi connectivity index (χ3n) is 4.85. The minimum Gasteiger partial charge on any atom is -0.342 e. The predicted molar refractivity (Wildman–Crippen MR) is 113 cm³/mol. The standard InChI is InChI=1S/C20H20BrN7O/c1-12(2)18(19-23-15-6-4-5-7-17(15)27(19)3)24-20(29)14-10-13(21)8-9-16(14)28-11-22-25-26-28/h4-12,18H,1-3H3,(H,24,29)/t18-/m1/s1. The number of aromatic nitrogens is 6. The molecule has 4 rings (SSSR count). The number of para-hydroxylation sites is 2. The van der Waals surface area contributed by atoms with E-state index in [4.69, 9.17) is 4.98 Å². The summed E-state index contributed by atoms with van der Waals surface area (Å²) in [6.45, 7) is 4.13. The molecule has 9 heteroatoms. The Morgan fingerprint density at radius 3 is 2.66 bits per heavy atom. The first-order chi connectivity index (χ1) is 14.0. The van der Waals surface area contributed by atoms with Crippen molar-refractivity contribution >= 4 is 32.9 Å². The first-order valence-corrected chi connectivity index (χ1v) is 10.00. The van der Waals surface area contributed by atoms with Crippen molar-refractivity contribution in [2.75, 3.05) is 0 Å². The van der Waals surface area contributed by atoms with E-state index in [1.54, 1.807) is 12.1 Å². The molecular formula is C20H20BrN7O. The smallest absolute Gasteiger partial charge is 0.254 e. The lowest BCUT2D eigenvalue weighted by atomic mass is 10.0. The minimum absolute atomic E-state index is 0.137. The van der Waals surface area contributed by atoms with Gasteiger partial charge in [-0.05, 0) is 46.7 Å². The largest absolute Gasteiger partial charge is 0.342 e. The zero-order chi connectivity index (χ0) is 20.5. The van der Waals surface area contributed by atoms with Gasteiger partial charge in [-0.3, -0.25) is 4.79 Å². The fourth-order valence-electron chi connectivity index (χ4n) is 3.35. The molecule has 2 aromatic heterocycles. The number of nitrogens with zero attached hydrogens (tertiary/aromatic N) is 6. The van der Waals surface area contributed by atoms with Gasteiger partial charge in [0.25, 0.3) is 5.91 Å². The first kappa shape index (κ1) is 19.3. The van der Waals surface area contributed by atoms with Crippen LogP contribution in [0.5, 0.6) is 0 Å². The van der Waals surface area contributed by atoms with E-state index in [2.05, 4.69) is 50.6 Å². The molecule has 0 aliphatic rings. The third-order valence-corrected chi connectivity index (χ3v) is 5.35. The van der Waals surface area contributed by atoms with Crippen molar-refractivity contribution in [2.24, 2.45) is 13.0 Å². The van der Waals surface area contributed by atoms with Crippen LogP contribution >= 0.6 is 15.9 Å². The molecule has 0 aliphatic heterocycles. The van der Waals surface area contributed by atoms with Crippen LogP contribution in [-0.2, 0) is 7.05 Å². The minimum atomic E-state index is -0.263. The maximum Gasteiger partial charge on any atom is 0.254 e. The van der Waals surface area contributed by atoms with Crippen molar-refractivity contribution in [1.29, 1.82) is 0 Å². The van der Waals surface area contributed by atoms with Gasteiger partial charge in [-0.2, -0.15) is 4.68 Å². The van der Waals surface area contributed by atoms with Gasteiger partial charge in [0.2, 0.25) is 0 Å². The highest BCUT2D eigenvalue weighted by Gasteiger charge is 2.26. The number of carbonyl (C=O) groups excluding carboxylic acids is 1. The number of hydrogen-bond donors (Lipinski definition) is 1. The zero-order valence-electron chi connectivity index (χ0n) is 16.2. The average molecular weight is 454 g/mol. The molecule has 4 aromatic rings. The summed E-state index contributed by atoms with van der Waals surface area (Å²) in [6, 6.07) is 13.1. The SMILES string of the molecule is CC(C)[C@@H](NC(=O)c1cc(Br)ccc1-n1cnnn1)c1nc2ccccc2n1C. The number of tetrazole rings is 1. The number of hydrogen-bond acceptors (Lipinski definition) is 5. The summed E-state index contributed by atoms with van der Waals surface area (Å²) < 4.78 is 4.30. The quantitative estimate of drug-likeness (QED) is 0.499. The van der Waals surface area contributed by atoms with Gasteiger partial charge in [0.05, 0.1) is 28.3 Å². The molecule has 0 unspecified atom stereocenters. The molecule has 0 saturated carbocycles. The molecule has 0 fully saturated rings. The highest BCUT2D eigenvalue weighted by molar-refractivity contribution is 9.10. The molecule has 2 heterocycles. The highest BCUT2D eigenvalue weighted by Crippen LogP contribution is 2.26. The maximum absolute atomic E-state index is 13.3. The molecule has 1 amide bonds. The number of carbonyl (C=O) groups is 1. The monoisotopic (exact) mass is 453 g/mol. The molecule has 0 bridgehead atoms. The summed E-state index contributed by atoms with van der Waals surface area (Å²) >= 11 is 3.45. The first-order valence-electron chi connectivity index (χ1n) is 9.21. The molecule has 0 aliphatic carbocycles. The second-order valence-electron chi connectivity index (χ2n) is 7.13. The van der Waals surface area contributed by atoms with Gasteiger partial charge < -0.3 is 9.88 Å². The Bertz CT molecular complexity index is 1170. The molecule has 1 N–H and O–H groups in total. The molecule has 148 valence electrons. The molecule has 0 radical (unpaired) electrons. The summed E-state index contributed by atoms with van der Waals surface area (Å²) in [6.07, 6.45) is 1.46. The van der Waals surface area contributed by atoms with E-state index in [1.165, 1.54) is 11.0 Å². The lowest BCUT2D eigenvalue weighted by Crippen LogP contribution is -2.34. The van der Waals surface area contributed by atoms with Gasteiger partial charge >= 0.3 is 0 Å². The Balaban J connectivity index is 1.72. The summed E-state index contributed by atoms with van der Waals surface area (Å²) in [5, 5.41) is 14.4. The van der Waals surface area contributed by atoms with Gasteiger partial charge in [0, 0.05) is 11.5 Å². The number of aryl methyl sites for hydroxylation is 1. The van der Waals surface area contributed by atoms with Crippen LogP contribution in [0.2, 0.25) is 0 Å². The second-order valence-corrected chi connectivity index (χ2v) is 8.04. The van der Waals surface area contributed by atoms with E-state index in [1.807, 2.05) is 41.9 Å². The zero-order valence-corrected chi connectivity index (χ0v) is 17.8. The van der Waals surface area contributed by atoms with Crippen LogP contribution in [-0.4, -0.2) is 35.7 Å². The molecule has 0 spiro atoms. The highest BCUT2D eigenvalue weighted by atomic mass is 79.9. The Morgan fingerprint density at radius 1 is 1.17 bits per heavy atom. The average Bonchev–Trinajstić information content (AvgIpc) is 3.34. The number of amides is 1. The van der Waals surface area contributed by atoms with Crippen LogP contribution in [0.3, 0.4) is 0 Å². The van der Waals surface area contributed by atoms with E-state index >= 15 is 0 Å². The fourth-order valence-corrected chi connectivity index (χ4v) is 3.71. The van der Waals surface area contributed by atoms with Gasteiger partial charge in [0.15, 0.2) is 0 Å². The van der Waals surface area contributed by atoms with Crippen LogP contribution in [0.15, 0.2) is 53.3 Å². The third kappa shape index (κ3) is 3.65. The summed E-state index contributed by atoms with van der Waals surface area (Å²) in [5.74, 6) is 0.731. The molecule has 0 saturated heterocycles. The van der Waals surface area contributed by atoms with E-state index in [-0.39, 0.29) is 17.9 Å². The Hall–Kier alpha value is -3.07. The number of rotatable bonds is 5. The summed E-state index contributed by atoms with van der Waals surface area (Å²) in [7, 11) is 1.97. The fraction of sp³-hybridized carbons (Fsp3) is 0.250. The molecule has 1 atom stereocenters. The number of benzene rings is 2. The van der Waals surface area contributed by atoms with E-state index in [9.17, 15) is 4.79 Å². The Kier molecular flexibility index (Phi) is 5.14. The molecule has 8 nitrogen and oxygen atoms in total. The van der Waals surface area contributed by atoms with Gasteiger partial charge in [-0.25, -0.2) is 4.98 Å². The molecule has 29 heavy (non-hydrogen) atoms. The summed E-state index contributed by atoms with van der Waals surface area (Å²) in [5.41, 5.74) is 3.00. The van der Waals surface area contributed by atoms with Crippen molar-refractivity contribution in [3.05, 3.63) is 64.7 Å². The van der Waals surface area contributed by atoms with Crippen molar-refractivity contribution in [3.8, 4) is 5.69 Å². The van der Waals surface area contributed by atoms with Gasteiger partial charge in [0.1, 0.15) is 12.2 Å². The van der Waals surface area contributed by atoms with Crippen LogP contribution in [0.1, 0.15) is 36.1 Å². The van der Waals surface area contributed by atoms with E-state index in [0.29, 0.717) is 11.3 Å². The number of halogens is 1. The molecular weight excluding hydrogens is 434 g/mol. The van der Waals surface area contributed by atoms with Crippen molar-refractivity contribution in [1.82, 2.24) is 35.1 Å². The van der Waals surface area contributed by atoms with Gasteiger partial charge in [-0.1, -0.05) is 41.9 Å². The van der Waals surface area contributed by atoms with Crippen molar-refractivity contribution in [2.45, 2.75) is 19.9 Å². The van der Waals surface area contributed by atoms with Crippen molar-refractivity contribution in [3.63, 3.8) is 0 Å². The van der Waals surface area contributed by atoms with Crippen molar-refractivity contribution < 1.29 is 4.79 Å². The normalized spacial score (nSPS) is 12.4. The number of imidazole rings is 1. The van der Waals surface area contributed by atoms with Crippen LogP contribution in [0.25, 0.3) is 16.7 Å². The van der Waals surface area contributed by atoms with Crippen LogP contribution in [0.4, 0.5) is 0 Å². The Morgan fingerprint density at radius 2 is 1.97 bits per heavy atom. The van der Waals surface area contributed by atoms with E-state index in [0.717, 1.165) is 21.3 Å². The topological polar surface area (TPSA) is 90.5 Å². The van der Waals surface area contributed by atoms with E-state index < -0.39 is 0 Å². The van der Waals surface area contributed by atoms with Gasteiger partial charge in [-0.15, -0.1) is 5.10 Å². The Labute approximate surface area is 176 Å². The number of nitrogens with one attached hydrogen (secondary N) is 1. The summed E-state index contributed by atoms with van der Waals surface area (Å²) in [4.78, 5) is 18.0. The lowest BCUT2D eigenvalue weighted by Gasteiger charge is -2.23. The van der Waals surface area contributed by atoms with Crippen LogP contribution < -0.4 is 5.32 Å².